The third kappa shape index (κ3) is 4.33. The highest BCUT2D eigenvalue weighted by atomic mass is 19.1. The molecule has 2 heterocycles. The van der Waals surface area contributed by atoms with Crippen molar-refractivity contribution in [3.05, 3.63) is 60.0 Å². The Morgan fingerprint density at radius 3 is 2.56 bits per heavy atom. The van der Waals surface area contributed by atoms with Gasteiger partial charge in [0, 0.05) is 18.4 Å². The number of hydrogen-bond donors (Lipinski definition) is 2. The normalized spacial score (nSPS) is 14.7. The van der Waals surface area contributed by atoms with Gasteiger partial charge < -0.3 is 20.1 Å². The Hall–Kier alpha value is -3.72. The van der Waals surface area contributed by atoms with E-state index in [4.69, 9.17) is 9.47 Å². The number of nitrogens with zero attached hydrogens (tertiary/aromatic N) is 2. The monoisotopic (exact) mass is 438 g/mol. The number of halogens is 1. The molecule has 2 amide bonds. The van der Waals surface area contributed by atoms with Crippen molar-refractivity contribution in [2.45, 2.75) is 26.0 Å². The van der Waals surface area contributed by atoms with Crippen molar-refractivity contribution in [3.8, 4) is 16.9 Å². The number of carbonyl (C=O) groups excluding carboxylic acids is 2. The Labute approximate surface area is 184 Å². The maximum atomic E-state index is 13.4. The first kappa shape index (κ1) is 21.5. The van der Waals surface area contributed by atoms with Crippen LogP contribution >= 0.6 is 0 Å². The van der Waals surface area contributed by atoms with Gasteiger partial charge in [0.2, 0.25) is 5.91 Å². The molecule has 1 atom stereocenters. The zero-order chi connectivity index (χ0) is 22.7. The van der Waals surface area contributed by atoms with Crippen LogP contribution in [-0.4, -0.2) is 35.3 Å². The van der Waals surface area contributed by atoms with Gasteiger partial charge in [-0.2, -0.15) is 5.10 Å². The quantitative estimate of drug-likeness (QED) is 0.559. The molecule has 8 nitrogen and oxygen atoms in total. The highest BCUT2D eigenvalue weighted by Crippen LogP contribution is 2.39. The number of benzene rings is 2. The Kier molecular flexibility index (Phi) is 6.18. The van der Waals surface area contributed by atoms with Crippen LogP contribution in [0.2, 0.25) is 0 Å². The molecule has 2 N–H and O–H groups in total. The SMILES string of the molecule is CCOc1ccc(NC(=O)CC2C(=O)Nc3c(-c4ccc(F)cc4)c(COC)nn32)cc1. The van der Waals surface area contributed by atoms with E-state index in [9.17, 15) is 14.0 Å². The Morgan fingerprint density at radius 2 is 1.91 bits per heavy atom. The number of anilines is 2. The molecule has 32 heavy (non-hydrogen) atoms. The molecule has 0 saturated carbocycles. The molecule has 0 spiro atoms. The molecule has 4 rings (SSSR count). The fourth-order valence-electron chi connectivity index (χ4n) is 3.66. The molecule has 9 heteroatoms. The number of aromatic nitrogens is 2. The first-order valence-electron chi connectivity index (χ1n) is 10.2. The van der Waals surface area contributed by atoms with Gasteiger partial charge in [0.05, 0.1) is 25.3 Å². The average Bonchev–Trinajstić information content (AvgIpc) is 3.26. The maximum absolute atomic E-state index is 13.4. The van der Waals surface area contributed by atoms with Crippen molar-refractivity contribution in [1.82, 2.24) is 9.78 Å². The minimum atomic E-state index is -0.808. The number of nitrogens with one attached hydrogen (secondary N) is 2. The highest BCUT2D eigenvalue weighted by Gasteiger charge is 2.37. The second kappa shape index (κ2) is 9.19. The summed E-state index contributed by atoms with van der Waals surface area (Å²) in [4.78, 5) is 25.3. The predicted octanol–water partition coefficient (Wildman–Crippen LogP) is 3.76. The van der Waals surface area contributed by atoms with Gasteiger partial charge in [0.25, 0.3) is 5.91 Å². The lowest BCUT2D eigenvalue weighted by molar-refractivity contribution is -0.123. The lowest BCUT2D eigenvalue weighted by Gasteiger charge is -2.11. The molecule has 1 aliphatic rings. The zero-order valence-corrected chi connectivity index (χ0v) is 17.7. The summed E-state index contributed by atoms with van der Waals surface area (Å²) >= 11 is 0. The molecule has 2 aromatic carbocycles. The van der Waals surface area contributed by atoms with Gasteiger partial charge in [-0.1, -0.05) is 12.1 Å². The second-order valence-electron chi connectivity index (χ2n) is 7.27. The molecule has 0 radical (unpaired) electrons. The van der Waals surface area contributed by atoms with E-state index < -0.39 is 6.04 Å². The van der Waals surface area contributed by atoms with E-state index in [1.165, 1.54) is 16.8 Å². The van der Waals surface area contributed by atoms with Crippen molar-refractivity contribution in [3.63, 3.8) is 0 Å². The number of amides is 2. The van der Waals surface area contributed by atoms with Crippen molar-refractivity contribution in [1.29, 1.82) is 0 Å². The maximum Gasteiger partial charge on any atom is 0.251 e. The third-order valence-electron chi connectivity index (χ3n) is 5.06. The van der Waals surface area contributed by atoms with Gasteiger partial charge >= 0.3 is 0 Å². The second-order valence-corrected chi connectivity index (χ2v) is 7.27. The van der Waals surface area contributed by atoms with Crippen molar-refractivity contribution in [2.75, 3.05) is 24.4 Å². The van der Waals surface area contributed by atoms with E-state index in [1.54, 1.807) is 43.5 Å². The number of hydrogen-bond acceptors (Lipinski definition) is 5. The topological polar surface area (TPSA) is 94.5 Å². The van der Waals surface area contributed by atoms with Gasteiger partial charge in [-0.05, 0) is 48.9 Å². The lowest BCUT2D eigenvalue weighted by Crippen LogP contribution is -2.24. The number of carbonyl (C=O) groups is 2. The Balaban J connectivity index is 1.56. The van der Waals surface area contributed by atoms with E-state index in [2.05, 4.69) is 15.7 Å². The number of rotatable bonds is 8. The molecule has 0 saturated heterocycles. The van der Waals surface area contributed by atoms with Gasteiger partial charge in [0.15, 0.2) is 0 Å². The van der Waals surface area contributed by atoms with Crippen LogP contribution in [0.3, 0.4) is 0 Å². The van der Waals surface area contributed by atoms with Crippen LogP contribution in [0.25, 0.3) is 11.1 Å². The van der Waals surface area contributed by atoms with E-state index in [0.717, 1.165) is 0 Å². The third-order valence-corrected chi connectivity index (χ3v) is 5.06. The average molecular weight is 438 g/mol. The molecule has 1 unspecified atom stereocenters. The van der Waals surface area contributed by atoms with Gasteiger partial charge in [-0.3, -0.25) is 9.59 Å². The summed E-state index contributed by atoms with van der Waals surface area (Å²) in [7, 11) is 1.54. The Bertz CT molecular complexity index is 1130. The van der Waals surface area contributed by atoms with E-state index in [0.29, 0.717) is 40.7 Å². The summed E-state index contributed by atoms with van der Waals surface area (Å²) < 4.78 is 25.5. The summed E-state index contributed by atoms with van der Waals surface area (Å²) in [5.41, 5.74) is 2.53. The van der Waals surface area contributed by atoms with Crippen LogP contribution in [0.5, 0.6) is 5.75 Å². The summed E-state index contributed by atoms with van der Waals surface area (Å²) in [6.45, 7) is 2.65. The fraction of sp³-hybridized carbons (Fsp3) is 0.261. The molecule has 1 aromatic heterocycles. The molecule has 166 valence electrons. The summed E-state index contributed by atoms with van der Waals surface area (Å²) in [5.74, 6) is 0.156. The zero-order valence-electron chi connectivity index (χ0n) is 17.7. The molecular weight excluding hydrogens is 415 g/mol. The number of ether oxygens (including phenoxy) is 2. The standard InChI is InChI=1S/C23H23FN4O4/c1-3-32-17-10-8-16(9-11-17)25-20(29)12-19-23(30)26-22-21(14-4-6-15(24)7-5-14)18(13-31-2)27-28(19)22/h4-11,19H,3,12-13H2,1-2H3,(H,25,29)(H,26,30). The lowest BCUT2D eigenvalue weighted by atomic mass is 10.1. The van der Waals surface area contributed by atoms with Crippen LogP contribution in [0.15, 0.2) is 48.5 Å². The van der Waals surface area contributed by atoms with Gasteiger partial charge in [-0.15, -0.1) is 0 Å². The smallest absolute Gasteiger partial charge is 0.251 e. The minimum absolute atomic E-state index is 0.0942. The van der Waals surface area contributed by atoms with Crippen molar-refractivity contribution >= 4 is 23.3 Å². The first-order valence-corrected chi connectivity index (χ1v) is 10.2. The fourth-order valence-corrected chi connectivity index (χ4v) is 3.66. The number of methoxy groups -OCH3 is 1. The van der Waals surface area contributed by atoms with Crippen LogP contribution in [0.1, 0.15) is 25.1 Å². The van der Waals surface area contributed by atoms with E-state index >= 15 is 0 Å². The van der Waals surface area contributed by atoms with E-state index in [1.807, 2.05) is 6.92 Å². The molecule has 0 fully saturated rings. The predicted molar refractivity (Wildman–Crippen MR) is 117 cm³/mol. The molecule has 1 aliphatic heterocycles. The summed E-state index contributed by atoms with van der Waals surface area (Å²) in [6, 6.07) is 12.1. The van der Waals surface area contributed by atoms with Gasteiger partial charge in [-0.25, -0.2) is 9.07 Å². The van der Waals surface area contributed by atoms with Crippen LogP contribution < -0.4 is 15.4 Å². The van der Waals surface area contributed by atoms with Gasteiger partial charge in [0.1, 0.15) is 23.4 Å². The molecule has 0 bridgehead atoms. The van der Waals surface area contributed by atoms with Crippen LogP contribution in [-0.2, 0) is 20.9 Å². The highest BCUT2D eigenvalue weighted by molar-refractivity contribution is 6.04. The largest absolute Gasteiger partial charge is 0.494 e. The van der Waals surface area contributed by atoms with Crippen LogP contribution in [0, 0.1) is 5.82 Å². The van der Waals surface area contributed by atoms with Crippen molar-refractivity contribution < 1.29 is 23.5 Å². The number of fused-ring (bicyclic) bond motifs is 1. The molecular formula is C23H23FN4O4. The van der Waals surface area contributed by atoms with E-state index in [-0.39, 0.29) is 30.7 Å². The van der Waals surface area contributed by atoms with Crippen molar-refractivity contribution in [2.24, 2.45) is 0 Å². The Morgan fingerprint density at radius 1 is 1.19 bits per heavy atom. The molecule has 0 aliphatic carbocycles. The first-order chi connectivity index (χ1) is 15.5. The minimum Gasteiger partial charge on any atom is -0.494 e. The molecule has 3 aromatic rings. The summed E-state index contributed by atoms with van der Waals surface area (Å²) in [5, 5.41) is 10.1. The summed E-state index contributed by atoms with van der Waals surface area (Å²) in [6.07, 6.45) is -0.0942. The van der Waals surface area contributed by atoms with Crippen LogP contribution in [0.4, 0.5) is 15.9 Å².